The minimum Gasteiger partial charge on any atom is -0.345 e. The smallest absolute Gasteiger partial charge is 0.253 e. The lowest BCUT2D eigenvalue weighted by Crippen LogP contribution is -2.27. The van der Waals surface area contributed by atoms with Crippen LogP contribution in [-0.4, -0.2) is 25.4 Å². The zero-order valence-corrected chi connectivity index (χ0v) is 22.7. The first-order valence-electron chi connectivity index (χ1n) is 12.5. The van der Waals surface area contributed by atoms with Gasteiger partial charge in [-0.15, -0.1) is 0 Å². The molecule has 1 aliphatic carbocycles. The molecular formula is C30H28BrN5O. The molecule has 1 N–H and O–H groups in total. The van der Waals surface area contributed by atoms with Gasteiger partial charge in [0, 0.05) is 23.1 Å². The zero-order chi connectivity index (χ0) is 25.9. The molecule has 1 atom stereocenters. The number of rotatable bonds is 4. The van der Waals surface area contributed by atoms with Crippen LogP contribution in [0.4, 0.5) is 0 Å². The molecule has 0 spiro atoms. The average Bonchev–Trinajstić information content (AvgIpc) is 3.51. The molecule has 0 saturated heterocycles. The predicted molar refractivity (Wildman–Crippen MR) is 151 cm³/mol. The number of aromatic nitrogens is 4. The maximum atomic E-state index is 12.8. The fourth-order valence-corrected chi connectivity index (χ4v) is 5.00. The van der Waals surface area contributed by atoms with Crippen LogP contribution in [0.2, 0.25) is 0 Å². The number of aryl methyl sites for hydroxylation is 2. The number of imidazole rings is 1. The zero-order valence-electron chi connectivity index (χ0n) is 21.1. The third-order valence-electron chi connectivity index (χ3n) is 6.44. The molecule has 0 aliphatic heterocycles. The van der Waals surface area contributed by atoms with Gasteiger partial charge in [0.2, 0.25) is 0 Å². The Kier molecular flexibility index (Phi) is 7.15. The van der Waals surface area contributed by atoms with E-state index in [4.69, 9.17) is 9.97 Å². The van der Waals surface area contributed by atoms with Gasteiger partial charge in [-0.1, -0.05) is 50.2 Å². The normalized spacial score (nSPS) is 14.1. The van der Waals surface area contributed by atoms with Gasteiger partial charge in [-0.3, -0.25) is 14.3 Å². The molecule has 2 aromatic carbocycles. The number of carbonyl (C=O) groups is 1. The SMILES string of the molecule is CC.Cc1ccc(C(=O)NC2CCc3cc(-n4c(-c5ccccc5)nc5ccc(Br)nc54)ccc32)cn1. The highest BCUT2D eigenvalue weighted by Gasteiger charge is 2.26. The summed E-state index contributed by atoms with van der Waals surface area (Å²) in [6.07, 6.45) is 3.39. The lowest BCUT2D eigenvalue weighted by atomic mass is 10.1. The van der Waals surface area contributed by atoms with E-state index in [-0.39, 0.29) is 11.9 Å². The number of hydrogen-bond acceptors (Lipinski definition) is 4. The summed E-state index contributed by atoms with van der Waals surface area (Å²) >= 11 is 3.51. The summed E-state index contributed by atoms with van der Waals surface area (Å²) in [6.45, 7) is 5.91. The Labute approximate surface area is 224 Å². The molecule has 6 nitrogen and oxygen atoms in total. The topological polar surface area (TPSA) is 72.7 Å². The Morgan fingerprint density at radius 3 is 2.57 bits per heavy atom. The van der Waals surface area contributed by atoms with Crippen LogP contribution < -0.4 is 5.32 Å². The molecule has 0 bridgehead atoms. The van der Waals surface area contributed by atoms with Gasteiger partial charge in [0.25, 0.3) is 5.91 Å². The molecule has 5 aromatic rings. The van der Waals surface area contributed by atoms with Crippen LogP contribution in [0.25, 0.3) is 28.2 Å². The summed E-state index contributed by atoms with van der Waals surface area (Å²) in [5.74, 6) is 0.751. The van der Waals surface area contributed by atoms with Gasteiger partial charge in [0.05, 0.1) is 11.6 Å². The molecule has 0 saturated carbocycles. The Bertz CT molecular complexity index is 1560. The maximum Gasteiger partial charge on any atom is 0.253 e. The summed E-state index contributed by atoms with van der Waals surface area (Å²) in [7, 11) is 0. The van der Waals surface area contributed by atoms with Gasteiger partial charge in [0.1, 0.15) is 15.9 Å². The predicted octanol–water partition coefficient (Wildman–Crippen LogP) is 7.00. The standard InChI is InChI=1S/C28H22BrN5O.C2H6/c1-17-7-8-20(16-30-17)28(35)32-23-12-9-19-15-21(10-11-22(19)23)34-26(18-5-3-2-4-6-18)31-24-13-14-25(29)33-27(24)34;1-2/h2-8,10-11,13-16,23H,9,12H2,1H3,(H,32,35);1-2H3. The fourth-order valence-electron chi connectivity index (χ4n) is 4.70. The first kappa shape index (κ1) is 24.8. The number of benzene rings is 2. The van der Waals surface area contributed by atoms with Crippen molar-refractivity contribution in [1.29, 1.82) is 0 Å². The van der Waals surface area contributed by atoms with Crippen molar-refractivity contribution in [3.8, 4) is 17.1 Å². The number of carbonyl (C=O) groups excluding carboxylic acids is 1. The van der Waals surface area contributed by atoms with E-state index in [1.54, 1.807) is 6.20 Å². The number of nitrogens with zero attached hydrogens (tertiary/aromatic N) is 4. The highest BCUT2D eigenvalue weighted by atomic mass is 79.9. The lowest BCUT2D eigenvalue weighted by molar-refractivity contribution is 0.0936. The highest BCUT2D eigenvalue weighted by molar-refractivity contribution is 9.10. The number of fused-ring (bicyclic) bond motifs is 2. The minimum atomic E-state index is -0.0968. The first-order valence-corrected chi connectivity index (χ1v) is 13.3. The van der Waals surface area contributed by atoms with Gasteiger partial charge in [-0.05, 0) is 83.2 Å². The van der Waals surface area contributed by atoms with E-state index < -0.39 is 0 Å². The molecule has 1 amide bonds. The number of nitrogens with one attached hydrogen (secondary N) is 1. The van der Waals surface area contributed by atoms with Gasteiger partial charge in [-0.25, -0.2) is 9.97 Å². The van der Waals surface area contributed by atoms with Crippen molar-refractivity contribution < 1.29 is 4.79 Å². The van der Waals surface area contributed by atoms with E-state index in [9.17, 15) is 4.79 Å². The Morgan fingerprint density at radius 2 is 1.81 bits per heavy atom. The van der Waals surface area contributed by atoms with E-state index in [0.29, 0.717) is 5.56 Å². The number of pyridine rings is 2. The number of amides is 1. The van der Waals surface area contributed by atoms with E-state index in [0.717, 1.165) is 56.9 Å². The van der Waals surface area contributed by atoms with Crippen LogP contribution in [-0.2, 0) is 6.42 Å². The van der Waals surface area contributed by atoms with Crippen molar-refractivity contribution >= 4 is 33.0 Å². The third-order valence-corrected chi connectivity index (χ3v) is 6.89. The molecule has 0 fully saturated rings. The Balaban J connectivity index is 0.00000137. The monoisotopic (exact) mass is 553 g/mol. The summed E-state index contributed by atoms with van der Waals surface area (Å²) in [6, 6.07) is 24.1. The molecule has 3 aromatic heterocycles. The molecule has 6 rings (SSSR count). The van der Waals surface area contributed by atoms with E-state index in [1.165, 1.54) is 5.56 Å². The minimum absolute atomic E-state index is 0.0201. The highest BCUT2D eigenvalue weighted by Crippen LogP contribution is 2.35. The molecule has 1 aliphatic rings. The van der Waals surface area contributed by atoms with Crippen molar-refractivity contribution in [2.45, 2.75) is 39.7 Å². The molecule has 186 valence electrons. The Morgan fingerprint density at radius 1 is 1.00 bits per heavy atom. The lowest BCUT2D eigenvalue weighted by Gasteiger charge is -2.15. The molecule has 1 unspecified atom stereocenters. The van der Waals surface area contributed by atoms with Crippen molar-refractivity contribution in [1.82, 2.24) is 24.8 Å². The van der Waals surface area contributed by atoms with Crippen molar-refractivity contribution in [3.05, 3.63) is 106 Å². The van der Waals surface area contributed by atoms with Crippen molar-refractivity contribution in [2.75, 3.05) is 0 Å². The van der Waals surface area contributed by atoms with Gasteiger partial charge in [-0.2, -0.15) is 0 Å². The molecule has 0 radical (unpaired) electrons. The van der Waals surface area contributed by atoms with Crippen LogP contribution in [0.15, 0.2) is 83.6 Å². The molecule has 3 heterocycles. The quantitative estimate of drug-likeness (QED) is 0.243. The first-order chi connectivity index (χ1) is 18.1. The number of hydrogen-bond donors (Lipinski definition) is 1. The second kappa shape index (κ2) is 10.6. The van der Waals surface area contributed by atoms with Gasteiger partial charge >= 0.3 is 0 Å². The van der Waals surface area contributed by atoms with E-state index in [2.05, 4.69) is 61.1 Å². The van der Waals surface area contributed by atoms with Gasteiger partial charge < -0.3 is 5.32 Å². The number of halogens is 1. The van der Waals surface area contributed by atoms with E-state index in [1.807, 2.05) is 63.2 Å². The maximum absolute atomic E-state index is 12.8. The van der Waals surface area contributed by atoms with Crippen LogP contribution in [0.5, 0.6) is 0 Å². The summed E-state index contributed by atoms with van der Waals surface area (Å²) < 4.78 is 2.87. The van der Waals surface area contributed by atoms with Crippen molar-refractivity contribution in [2.24, 2.45) is 0 Å². The third kappa shape index (κ3) is 4.91. The van der Waals surface area contributed by atoms with Crippen LogP contribution in [0.3, 0.4) is 0 Å². The van der Waals surface area contributed by atoms with E-state index >= 15 is 0 Å². The second-order valence-corrected chi connectivity index (χ2v) is 9.56. The van der Waals surface area contributed by atoms with Crippen molar-refractivity contribution in [3.63, 3.8) is 0 Å². The Hall–Kier alpha value is -3.84. The largest absolute Gasteiger partial charge is 0.345 e. The van der Waals surface area contributed by atoms with Crippen LogP contribution in [0.1, 0.15) is 53.5 Å². The van der Waals surface area contributed by atoms with Crippen LogP contribution in [0, 0.1) is 6.92 Å². The summed E-state index contributed by atoms with van der Waals surface area (Å²) in [5, 5.41) is 3.18. The molecular weight excluding hydrogens is 526 g/mol. The fraction of sp³-hybridized carbons (Fsp3) is 0.200. The average molecular weight is 554 g/mol. The molecule has 7 heteroatoms. The molecule has 37 heavy (non-hydrogen) atoms. The second-order valence-electron chi connectivity index (χ2n) is 8.75. The van der Waals surface area contributed by atoms with Crippen LogP contribution >= 0.6 is 15.9 Å². The summed E-state index contributed by atoms with van der Waals surface area (Å²) in [4.78, 5) is 26.7. The summed E-state index contributed by atoms with van der Waals surface area (Å²) in [5.41, 5.74) is 7.52. The van der Waals surface area contributed by atoms with Gasteiger partial charge in [0.15, 0.2) is 5.65 Å².